The summed E-state index contributed by atoms with van der Waals surface area (Å²) in [4.78, 5) is 0. The van der Waals surface area contributed by atoms with Gasteiger partial charge in [0.15, 0.2) is 0 Å². The molecule has 5 heteroatoms. The molecule has 0 unspecified atom stereocenters. The Hall–Kier alpha value is -1.52. The van der Waals surface area contributed by atoms with E-state index >= 15 is 0 Å². The number of ether oxygens (including phenoxy) is 1. The van der Waals surface area contributed by atoms with Gasteiger partial charge in [-0.15, -0.1) is 0 Å². The van der Waals surface area contributed by atoms with Crippen LogP contribution in [0.25, 0.3) is 10.9 Å². The van der Waals surface area contributed by atoms with Crippen molar-refractivity contribution >= 4 is 38.4 Å². The highest BCUT2D eigenvalue weighted by Crippen LogP contribution is 2.26. The van der Waals surface area contributed by atoms with Crippen LogP contribution >= 0.6 is 27.5 Å². The number of para-hydroxylation sites is 1. The zero-order valence-electron chi connectivity index (χ0n) is 11.5. The molecular weight excluding hydrogens is 352 g/mol. The van der Waals surface area contributed by atoms with E-state index in [1.807, 2.05) is 42.1 Å². The van der Waals surface area contributed by atoms with Crippen LogP contribution in [0.4, 0.5) is 0 Å². The lowest BCUT2D eigenvalue weighted by atomic mass is 10.2. The molecule has 1 aromatic heterocycles. The molecule has 3 nitrogen and oxygen atoms in total. The first-order valence-electron chi connectivity index (χ1n) is 6.57. The van der Waals surface area contributed by atoms with E-state index in [0.29, 0.717) is 17.0 Å². The number of rotatable bonds is 4. The summed E-state index contributed by atoms with van der Waals surface area (Å²) in [7, 11) is 1.94. The molecule has 0 radical (unpaired) electrons. The molecular formula is C16H14BrClN2O. The third kappa shape index (κ3) is 2.92. The van der Waals surface area contributed by atoms with Crippen molar-refractivity contribution in [3.05, 3.63) is 58.7 Å². The van der Waals surface area contributed by atoms with Crippen molar-refractivity contribution in [2.45, 2.75) is 11.9 Å². The average Bonchev–Trinajstić information content (AvgIpc) is 2.83. The number of fused-ring (bicyclic) bond motifs is 1. The SMILES string of the molecule is Cn1nc(COc2ccc(Cl)cc2CBr)c2ccccc21. The smallest absolute Gasteiger partial charge is 0.133 e. The van der Waals surface area contributed by atoms with Gasteiger partial charge in [0.05, 0.1) is 5.52 Å². The van der Waals surface area contributed by atoms with Crippen molar-refractivity contribution < 1.29 is 4.74 Å². The molecule has 0 saturated heterocycles. The molecule has 0 aliphatic carbocycles. The number of hydrogen-bond donors (Lipinski definition) is 0. The number of benzene rings is 2. The first-order chi connectivity index (χ1) is 10.2. The number of alkyl halides is 1. The van der Waals surface area contributed by atoms with Gasteiger partial charge in [-0.1, -0.05) is 45.7 Å². The van der Waals surface area contributed by atoms with Gasteiger partial charge in [0, 0.05) is 28.4 Å². The van der Waals surface area contributed by atoms with Crippen molar-refractivity contribution in [3.63, 3.8) is 0 Å². The number of nitrogens with zero attached hydrogens (tertiary/aromatic N) is 2. The van der Waals surface area contributed by atoms with Gasteiger partial charge in [-0.05, 0) is 24.3 Å². The lowest BCUT2D eigenvalue weighted by Gasteiger charge is -2.09. The topological polar surface area (TPSA) is 27.1 Å². The Labute approximate surface area is 136 Å². The van der Waals surface area contributed by atoms with Crippen molar-refractivity contribution in [1.82, 2.24) is 9.78 Å². The molecule has 0 saturated carbocycles. The fourth-order valence-electron chi connectivity index (χ4n) is 2.33. The molecule has 0 aliphatic rings. The quantitative estimate of drug-likeness (QED) is 0.627. The van der Waals surface area contributed by atoms with E-state index in [1.165, 1.54) is 0 Å². The zero-order valence-corrected chi connectivity index (χ0v) is 13.9. The maximum atomic E-state index is 6.00. The second-order valence-electron chi connectivity index (χ2n) is 4.76. The molecule has 0 fully saturated rings. The summed E-state index contributed by atoms with van der Waals surface area (Å²) in [5.74, 6) is 0.825. The molecule has 0 bridgehead atoms. The highest BCUT2D eigenvalue weighted by atomic mass is 79.9. The van der Waals surface area contributed by atoms with Crippen LogP contribution < -0.4 is 4.74 Å². The molecule has 0 N–H and O–H groups in total. The third-order valence-electron chi connectivity index (χ3n) is 3.37. The lowest BCUT2D eigenvalue weighted by molar-refractivity contribution is 0.299. The van der Waals surface area contributed by atoms with Crippen molar-refractivity contribution in [2.75, 3.05) is 0 Å². The molecule has 0 amide bonds. The Morgan fingerprint density at radius 3 is 2.86 bits per heavy atom. The summed E-state index contributed by atoms with van der Waals surface area (Å²) in [6, 6.07) is 13.8. The van der Waals surface area contributed by atoms with Gasteiger partial charge < -0.3 is 4.74 Å². The van der Waals surface area contributed by atoms with Crippen molar-refractivity contribution in [2.24, 2.45) is 7.05 Å². The van der Waals surface area contributed by atoms with Gasteiger partial charge in [-0.3, -0.25) is 4.68 Å². The Morgan fingerprint density at radius 2 is 2.05 bits per heavy atom. The summed E-state index contributed by atoms with van der Waals surface area (Å²) in [6.07, 6.45) is 0. The highest BCUT2D eigenvalue weighted by Gasteiger charge is 2.10. The standard InChI is InChI=1S/C16H14BrClN2O/c1-20-15-5-3-2-4-13(15)14(19-20)10-21-16-7-6-12(18)8-11(16)9-17/h2-8H,9-10H2,1H3. The van der Waals surface area contributed by atoms with Gasteiger partial charge in [0.2, 0.25) is 0 Å². The molecule has 2 aromatic carbocycles. The van der Waals surface area contributed by atoms with E-state index in [-0.39, 0.29) is 0 Å². The Morgan fingerprint density at radius 1 is 1.24 bits per heavy atom. The summed E-state index contributed by atoms with van der Waals surface area (Å²) in [6.45, 7) is 0.434. The van der Waals surface area contributed by atoms with Crippen LogP contribution in [0.1, 0.15) is 11.3 Å². The second-order valence-corrected chi connectivity index (χ2v) is 5.76. The monoisotopic (exact) mass is 364 g/mol. The average molecular weight is 366 g/mol. The zero-order chi connectivity index (χ0) is 14.8. The Balaban J connectivity index is 1.87. The lowest BCUT2D eigenvalue weighted by Crippen LogP contribution is -2.00. The van der Waals surface area contributed by atoms with Crippen LogP contribution in [-0.4, -0.2) is 9.78 Å². The fraction of sp³-hybridized carbons (Fsp3) is 0.188. The normalized spacial score (nSPS) is 11.0. The molecule has 108 valence electrons. The van der Waals surface area contributed by atoms with E-state index < -0.39 is 0 Å². The Kier molecular flexibility index (Phi) is 4.17. The highest BCUT2D eigenvalue weighted by molar-refractivity contribution is 9.08. The van der Waals surface area contributed by atoms with Crippen LogP contribution in [0, 0.1) is 0 Å². The van der Waals surface area contributed by atoms with Gasteiger partial charge in [0.25, 0.3) is 0 Å². The minimum Gasteiger partial charge on any atom is -0.487 e. The van der Waals surface area contributed by atoms with Gasteiger partial charge >= 0.3 is 0 Å². The Bertz CT molecular complexity index is 785. The predicted molar refractivity (Wildman–Crippen MR) is 89.1 cm³/mol. The molecule has 1 heterocycles. The number of halogens is 2. The maximum absolute atomic E-state index is 6.00. The third-order valence-corrected chi connectivity index (χ3v) is 4.20. The molecule has 0 spiro atoms. The first kappa shape index (κ1) is 14.4. The molecule has 21 heavy (non-hydrogen) atoms. The maximum Gasteiger partial charge on any atom is 0.133 e. The van der Waals surface area contributed by atoms with Crippen molar-refractivity contribution in [1.29, 1.82) is 0 Å². The minimum absolute atomic E-state index is 0.434. The summed E-state index contributed by atoms with van der Waals surface area (Å²) in [5.41, 5.74) is 3.07. The summed E-state index contributed by atoms with van der Waals surface area (Å²) < 4.78 is 7.80. The minimum atomic E-state index is 0.434. The number of aromatic nitrogens is 2. The van der Waals surface area contributed by atoms with Gasteiger partial charge in [-0.25, -0.2) is 0 Å². The molecule has 0 atom stereocenters. The first-order valence-corrected chi connectivity index (χ1v) is 8.07. The number of aryl methyl sites for hydroxylation is 1. The van der Waals surface area contributed by atoms with Crippen LogP contribution in [0.15, 0.2) is 42.5 Å². The van der Waals surface area contributed by atoms with E-state index in [1.54, 1.807) is 0 Å². The second kappa shape index (κ2) is 6.08. The van der Waals surface area contributed by atoms with E-state index in [0.717, 1.165) is 27.9 Å². The molecule has 3 rings (SSSR count). The molecule has 0 aliphatic heterocycles. The van der Waals surface area contributed by atoms with Crippen LogP contribution in [0.5, 0.6) is 5.75 Å². The van der Waals surface area contributed by atoms with E-state index in [2.05, 4.69) is 33.2 Å². The fourth-order valence-corrected chi connectivity index (χ4v) is 2.97. The summed E-state index contributed by atoms with van der Waals surface area (Å²) in [5, 5.41) is 7.06. The van der Waals surface area contributed by atoms with E-state index in [9.17, 15) is 0 Å². The van der Waals surface area contributed by atoms with Gasteiger partial charge in [-0.2, -0.15) is 5.10 Å². The van der Waals surface area contributed by atoms with Gasteiger partial charge in [0.1, 0.15) is 18.1 Å². The summed E-state index contributed by atoms with van der Waals surface area (Å²) >= 11 is 9.46. The van der Waals surface area contributed by atoms with E-state index in [4.69, 9.17) is 16.3 Å². The van der Waals surface area contributed by atoms with Crippen LogP contribution in [0.3, 0.4) is 0 Å². The predicted octanol–water partition coefficient (Wildman–Crippen LogP) is 4.70. The van der Waals surface area contributed by atoms with Crippen LogP contribution in [0.2, 0.25) is 5.02 Å². The molecule has 3 aromatic rings. The van der Waals surface area contributed by atoms with Crippen LogP contribution in [-0.2, 0) is 19.0 Å². The number of hydrogen-bond acceptors (Lipinski definition) is 2. The van der Waals surface area contributed by atoms with Crippen molar-refractivity contribution in [3.8, 4) is 5.75 Å². The largest absolute Gasteiger partial charge is 0.487 e.